The molecule has 0 amide bonds. The van der Waals surface area contributed by atoms with E-state index in [0.717, 1.165) is 10.2 Å². The Kier molecular flexibility index (Phi) is 4.21. The zero-order valence-corrected chi connectivity index (χ0v) is 12.6. The molecular formula is C14H12FN3OS2. The van der Waals surface area contributed by atoms with Gasteiger partial charge in [0.05, 0.1) is 12.0 Å². The number of fused-ring (bicyclic) bond motifs is 1. The SMILES string of the molecule is Nc1nc(SCCOc2ccccc2F)nc2sccc12. The van der Waals surface area contributed by atoms with E-state index in [0.29, 0.717) is 23.3 Å². The standard InChI is InChI=1S/C14H12FN3OS2/c15-10-3-1-2-4-11(10)19-6-8-21-14-17-12(16)9-5-7-20-13(9)18-14/h1-5,7H,6,8H2,(H2,16,17,18). The Morgan fingerprint density at radius 3 is 2.95 bits per heavy atom. The van der Waals surface area contributed by atoms with Gasteiger partial charge in [-0.1, -0.05) is 23.9 Å². The number of hydrogen-bond acceptors (Lipinski definition) is 6. The number of thiophene rings is 1. The lowest BCUT2D eigenvalue weighted by atomic mass is 10.3. The molecule has 1 aromatic carbocycles. The van der Waals surface area contributed by atoms with Gasteiger partial charge >= 0.3 is 0 Å². The number of nitrogens with two attached hydrogens (primary N) is 1. The minimum Gasteiger partial charge on any atom is -0.490 e. The summed E-state index contributed by atoms with van der Waals surface area (Å²) in [6, 6.07) is 8.25. The summed E-state index contributed by atoms with van der Waals surface area (Å²) in [5.74, 6) is 0.999. The van der Waals surface area contributed by atoms with Crippen LogP contribution in [0.25, 0.3) is 10.2 Å². The van der Waals surface area contributed by atoms with Crippen LogP contribution in [0.3, 0.4) is 0 Å². The largest absolute Gasteiger partial charge is 0.490 e. The maximum atomic E-state index is 13.4. The fourth-order valence-corrected chi connectivity index (χ4v) is 3.27. The Bertz CT molecular complexity index is 763. The van der Waals surface area contributed by atoms with Crippen molar-refractivity contribution >= 4 is 39.1 Å². The third-order valence-electron chi connectivity index (χ3n) is 2.74. The van der Waals surface area contributed by atoms with Crippen LogP contribution >= 0.6 is 23.1 Å². The summed E-state index contributed by atoms with van der Waals surface area (Å²) in [6.45, 7) is 0.372. The van der Waals surface area contributed by atoms with Gasteiger partial charge in [0.2, 0.25) is 0 Å². The third-order valence-corrected chi connectivity index (χ3v) is 4.36. The molecule has 3 rings (SSSR count). The summed E-state index contributed by atoms with van der Waals surface area (Å²) in [5.41, 5.74) is 5.88. The maximum absolute atomic E-state index is 13.4. The molecule has 108 valence electrons. The number of nitrogen functional groups attached to an aromatic ring is 1. The average molecular weight is 321 g/mol. The number of rotatable bonds is 5. The van der Waals surface area contributed by atoms with Crippen LogP contribution in [-0.2, 0) is 0 Å². The number of para-hydroxylation sites is 1. The third kappa shape index (κ3) is 3.25. The molecule has 0 aliphatic rings. The molecule has 0 saturated heterocycles. The molecule has 2 aromatic heterocycles. The highest BCUT2D eigenvalue weighted by Crippen LogP contribution is 2.26. The first kappa shape index (κ1) is 14.1. The van der Waals surface area contributed by atoms with E-state index >= 15 is 0 Å². The summed E-state index contributed by atoms with van der Waals surface area (Å²) >= 11 is 2.96. The first-order valence-corrected chi connectivity index (χ1v) is 8.11. The van der Waals surface area contributed by atoms with E-state index in [1.807, 2.05) is 11.4 Å². The fourth-order valence-electron chi connectivity index (χ4n) is 1.77. The summed E-state index contributed by atoms with van der Waals surface area (Å²) < 4.78 is 18.7. The lowest BCUT2D eigenvalue weighted by molar-refractivity contribution is 0.325. The second kappa shape index (κ2) is 6.28. The van der Waals surface area contributed by atoms with Crippen molar-refractivity contribution < 1.29 is 9.13 Å². The van der Waals surface area contributed by atoms with E-state index in [1.165, 1.54) is 29.2 Å². The van der Waals surface area contributed by atoms with Crippen molar-refractivity contribution in [2.75, 3.05) is 18.1 Å². The monoisotopic (exact) mass is 321 g/mol. The number of anilines is 1. The topological polar surface area (TPSA) is 61.0 Å². The molecule has 4 nitrogen and oxygen atoms in total. The molecule has 2 N–H and O–H groups in total. The fraction of sp³-hybridized carbons (Fsp3) is 0.143. The van der Waals surface area contributed by atoms with Crippen LogP contribution in [-0.4, -0.2) is 22.3 Å². The van der Waals surface area contributed by atoms with E-state index in [4.69, 9.17) is 10.5 Å². The van der Waals surface area contributed by atoms with E-state index in [9.17, 15) is 4.39 Å². The lowest BCUT2D eigenvalue weighted by Crippen LogP contribution is -2.03. The van der Waals surface area contributed by atoms with Gasteiger partial charge in [-0.15, -0.1) is 11.3 Å². The Balaban J connectivity index is 1.58. The molecule has 7 heteroatoms. The Labute approximate surface area is 129 Å². The summed E-state index contributed by atoms with van der Waals surface area (Å²) in [5, 5.41) is 3.43. The first-order valence-electron chi connectivity index (χ1n) is 6.25. The second-order valence-electron chi connectivity index (χ2n) is 4.16. The highest BCUT2D eigenvalue weighted by molar-refractivity contribution is 7.99. The number of aromatic nitrogens is 2. The van der Waals surface area contributed by atoms with Gasteiger partial charge in [0.15, 0.2) is 16.7 Å². The van der Waals surface area contributed by atoms with Crippen molar-refractivity contribution in [3.8, 4) is 5.75 Å². The normalized spacial score (nSPS) is 10.9. The second-order valence-corrected chi connectivity index (χ2v) is 6.11. The molecule has 0 bridgehead atoms. The molecule has 0 aliphatic carbocycles. The maximum Gasteiger partial charge on any atom is 0.191 e. The molecule has 0 aliphatic heterocycles. The number of halogens is 1. The zero-order chi connectivity index (χ0) is 14.7. The van der Waals surface area contributed by atoms with Crippen molar-refractivity contribution in [3.05, 3.63) is 41.5 Å². The summed E-state index contributed by atoms with van der Waals surface area (Å²) in [4.78, 5) is 9.54. The van der Waals surface area contributed by atoms with Gasteiger partial charge in [-0.25, -0.2) is 14.4 Å². The lowest BCUT2D eigenvalue weighted by Gasteiger charge is -2.06. The van der Waals surface area contributed by atoms with Gasteiger partial charge in [-0.05, 0) is 23.6 Å². The molecule has 0 spiro atoms. The van der Waals surface area contributed by atoms with E-state index in [-0.39, 0.29) is 11.6 Å². The molecule has 0 unspecified atom stereocenters. The first-order chi connectivity index (χ1) is 10.2. The van der Waals surface area contributed by atoms with E-state index in [2.05, 4.69) is 9.97 Å². The van der Waals surface area contributed by atoms with Crippen molar-refractivity contribution in [2.45, 2.75) is 5.16 Å². The van der Waals surface area contributed by atoms with Crippen molar-refractivity contribution in [3.63, 3.8) is 0 Å². The Morgan fingerprint density at radius 2 is 2.10 bits per heavy atom. The Morgan fingerprint density at radius 1 is 1.24 bits per heavy atom. The highest BCUT2D eigenvalue weighted by atomic mass is 32.2. The zero-order valence-electron chi connectivity index (χ0n) is 11.0. The molecule has 0 atom stereocenters. The van der Waals surface area contributed by atoms with Gasteiger partial charge in [0, 0.05) is 5.75 Å². The molecule has 0 fully saturated rings. The van der Waals surface area contributed by atoms with Crippen LogP contribution in [0.2, 0.25) is 0 Å². The van der Waals surface area contributed by atoms with Crippen molar-refractivity contribution in [2.24, 2.45) is 0 Å². The van der Waals surface area contributed by atoms with Gasteiger partial charge < -0.3 is 10.5 Å². The predicted molar refractivity (Wildman–Crippen MR) is 84.4 cm³/mol. The number of nitrogens with zero attached hydrogens (tertiary/aromatic N) is 2. The van der Waals surface area contributed by atoms with Gasteiger partial charge in [0.25, 0.3) is 0 Å². The average Bonchev–Trinajstić information content (AvgIpc) is 2.94. The molecule has 21 heavy (non-hydrogen) atoms. The number of hydrogen-bond donors (Lipinski definition) is 1. The van der Waals surface area contributed by atoms with Crippen LogP contribution in [0.5, 0.6) is 5.75 Å². The minimum absolute atomic E-state index is 0.257. The minimum atomic E-state index is -0.358. The van der Waals surface area contributed by atoms with Crippen molar-refractivity contribution in [1.29, 1.82) is 0 Å². The molecule has 3 aromatic rings. The predicted octanol–water partition coefficient (Wildman–Crippen LogP) is 3.58. The summed E-state index contributed by atoms with van der Waals surface area (Å²) in [7, 11) is 0. The van der Waals surface area contributed by atoms with Crippen LogP contribution in [0.1, 0.15) is 0 Å². The van der Waals surface area contributed by atoms with Crippen LogP contribution < -0.4 is 10.5 Å². The Hall–Kier alpha value is -1.86. The molecule has 0 radical (unpaired) electrons. The highest BCUT2D eigenvalue weighted by Gasteiger charge is 2.07. The van der Waals surface area contributed by atoms with Crippen molar-refractivity contribution in [1.82, 2.24) is 9.97 Å². The van der Waals surface area contributed by atoms with Gasteiger partial charge in [-0.2, -0.15) is 0 Å². The van der Waals surface area contributed by atoms with Gasteiger partial charge in [0.1, 0.15) is 10.6 Å². The van der Waals surface area contributed by atoms with Crippen LogP contribution in [0, 0.1) is 5.82 Å². The molecule has 2 heterocycles. The van der Waals surface area contributed by atoms with Crippen LogP contribution in [0.15, 0.2) is 40.9 Å². The smallest absolute Gasteiger partial charge is 0.191 e. The number of benzene rings is 1. The number of thioether (sulfide) groups is 1. The quantitative estimate of drug-likeness (QED) is 0.442. The van der Waals surface area contributed by atoms with Crippen LogP contribution in [0.4, 0.5) is 10.2 Å². The van der Waals surface area contributed by atoms with E-state index in [1.54, 1.807) is 18.2 Å². The van der Waals surface area contributed by atoms with Gasteiger partial charge in [-0.3, -0.25) is 0 Å². The van der Waals surface area contributed by atoms with E-state index < -0.39 is 0 Å². The molecular weight excluding hydrogens is 309 g/mol. The summed E-state index contributed by atoms with van der Waals surface area (Å²) in [6.07, 6.45) is 0. The molecule has 0 saturated carbocycles. The number of ether oxygens (including phenoxy) is 1.